The smallest absolute Gasteiger partial charge is 0.170 e. The first-order chi connectivity index (χ1) is 7.77. The fraction of sp³-hybridized carbons (Fsp3) is 0.250. The fourth-order valence-electron chi connectivity index (χ4n) is 1.29. The number of rotatable bonds is 6. The molecule has 1 rings (SSSR count). The van der Waals surface area contributed by atoms with E-state index in [0.29, 0.717) is 0 Å². The van der Waals surface area contributed by atoms with Crippen LogP contribution in [0.5, 0.6) is 0 Å². The highest BCUT2D eigenvalue weighted by Gasteiger charge is 1.98. The molecule has 0 aliphatic rings. The minimum atomic E-state index is 0.131. The summed E-state index contributed by atoms with van der Waals surface area (Å²) in [7, 11) is 0. The molecule has 0 heterocycles. The van der Waals surface area contributed by atoms with Gasteiger partial charge in [0.2, 0.25) is 0 Å². The van der Waals surface area contributed by atoms with Gasteiger partial charge in [0.1, 0.15) is 0 Å². The normalized spacial score (nSPS) is 11.4. The number of oxime groups is 1. The Hall–Kier alpha value is -1.81. The molecule has 4 N–H and O–H groups in total. The summed E-state index contributed by atoms with van der Waals surface area (Å²) in [6.45, 7) is 5.39. The largest absolute Gasteiger partial charge is 0.409 e. The molecule has 0 spiro atoms. The van der Waals surface area contributed by atoms with Crippen LogP contribution in [0.25, 0.3) is 0 Å². The van der Waals surface area contributed by atoms with E-state index in [-0.39, 0.29) is 5.84 Å². The van der Waals surface area contributed by atoms with E-state index >= 15 is 0 Å². The highest BCUT2D eigenvalue weighted by molar-refractivity contribution is 5.96. The van der Waals surface area contributed by atoms with E-state index in [9.17, 15) is 0 Å². The molecule has 0 radical (unpaired) electrons. The first-order valence-corrected chi connectivity index (χ1v) is 5.16. The summed E-state index contributed by atoms with van der Waals surface area (Å²) >= 11 is 0. The zero-order chi connectivity index (χ0) is 11.8. The Morgan fingerprint density at radius 3 is 2.69 bits per heavy atom. The SMILES string of the molecule is C=CCCNCc1ccc(/C(N)=N\O)cc1. The monoisotopic (exact) mass is 219 g/mol. The maximum absolute atomic E-state index is 8.50. The molecule has 0 saturated carbocycles. The van der Waals surface area contributed by atoms with Gasteiger partial charge in [-0.2, -0.15) is 0 Å². The number of amidine groups is 1. The van der Waals surface area contributed by atoms with Gasteiger partial charge >= 0.3 is 0 Å². The van der Waals surface area contributed by atoms with E-state index in [0.717, 1.165) is 25.1 Å². The van der Waals surface area contributed by atoms with Crippen molar-refractivity contribution < 1.29 is 5.21 Å². The first kappa shape index (κ1) is 12.3. The Kier molecular flexibility index (Phi) is 5.08. The Morgan fingerprint density at radius 1 is 1.44 bits per heavy atom. The van der Waals surface area contributed by atoms with Crippen LogP contribution in [0.2, 0.25) is 0 Å². The third kappa shape index (κ3) is 3.74. The molecule has 0 aliphatic heterocycles. The van der Waals surface area contributed by atoms with E-state index < -0.39 is 0 Å². The minimum Gasteiger partial charge on any atom is -0.409 e. The fourth-order valence-corrected chi connectivity index (χ4v) is 1.29. The maximum atomic E-state index is 8.50. The number of nitrogens with one attached hydrogen (secondary N) is 1. The molecule has 4 nitrogen and oxygen atoms in total. The van der Waals surface area contributed by atoms with Gasteiger partial charge in [0.25, 0.3) is 0 Å². The molecule has 0 amide bonds. The number of hydrogen-bond donors (Lipinski definition) is 3. The molecule has 0 saturated heterocycles. The molecular formula is C12H17N3O. The zero-order valence-corrected chi connectivity index (χ0v) is 9.19. The molecule has 0 atom stereocenters. The number of benzene rings is 1. The standard InChI is InChI=1S/C12H17N3O/c1-2-3-8-14-9-10-4-6-11(7-5-10)12(13)15-16/h2,4-7,14,16H,1,3,8-9H2,(H2,13,15). The minimum absolute atomic E-state index is 0.131. The molecule has 0 bridgehead atoms. The van der Waals surface area contributed by atoms with E-state index in [1.54, 1.807) is 0 Å². The van der Waals surface area contributed by atoms with Crippen molar-refractivity contribution >= 4 is 5.84 Å². The van der Waals surface area contributed by atoms with Gasteiger partial charge in [-0.1, -0.05) is 35.5 Å². The van der Waals surface area contributed by atoms with Crippen molar-refractivity contribution in [2.24, 2.45) is 10.9 Å². The molecule has 4 heteroatoms. The van der Waals surface area contributed by atoms with Crippen LogP contribution < -0.4 is 11.1 Å². The highest BCUT2D eigenvalue weighted by Crippen LogP contribution is 2.03. The second-order valence-electron chi connectivity index (χ2n) is 3.44. The maximum Gasteiger partial charge on any atom is 0.170 e. The molecule has 0 unspecified atom stereocenters. The van der Waals surface area contributed by atoms with Crippen molar-refractivity contribution in [3.63, 3.8) is 0 Å². The molecule has 16 heavy (non-hydrogen) atoms. The van der Waals surface area contributed by atoms with Gasteiger partial charge in [-0.05, 0) is 18.5 Å². The van der Waals surface area contributed by atoms with Crippen LogP contribution in [0.3, 0.4) is 0 Å². The second-order valence-corrected chi connectivity index (χ2v) is 3.44. The molecule has 1 aromatic carbocycles. The van der Waals surface area contributed by atoms with Crippen LogP contribution in [0.15, 0.2) is 42.1 Å². The summed E-state index contributed by atoms with van der Waals surface area (Å²) in [6.07, 6.45) is 2.84. The van der Waals surface area contributed by atoms with Crippen LogP contribution in [0.1, 0.15) is 17.5 Å². The Labute approximate surface area is 95.5 Å². The van der Waals surface area contributed by atoms with Crippen LogP contribution >= 0.6 is 0 Å². The molecule has 0 aliphatic carbocycles. The van der Waals surface area contributed by atoms with Gasteiger partial charge in [0.05, 0.1) is 0 Å². The molecular weight excluding hydrogens is 202 g/mol. The van der Waals surface area contributed by atoms with Crippen LogP contribution in [0.4, 0.5) is 0 Å². The average molecular weight is 219 g/mol. The third-order valence-corrected chi connectivity index (χ3v) is 2.21. The molecule has 0 aromatic heterocycles. The van der Waals surface area contributed by atoms with Crippen molar-refractivity contribution in [1.29, 1.82) is 0 Å². The average Bonchev–Trinajstić information content (AvgIpc) is 2.34. The van der Waals surface area contributed by atoms with Crippen LogP contribution in [-0.2, 0) is 6.54 Å². The Morgan fingerprint density at radius 2 is 2.12 bits per heavy atom. The summed E-state index contributed by atoms with van der Waals surface area (Å²) in [4.78, 5) is 0. The first-order valence-electron chi connectivity index (χ1n) is 5.16. The highest BCUT2D eigenvalue weighted by atomic mass is 16.4. The van der Waals surface area contributed by atoms with E-state index in [1.165, 1.54) is 5.56 Å². The lowest BCUT2D eigenvalue weighted by molar-refractivity contribution is 0.318. The van der Waals surface area contributed by atoms with Crippen molar-refractivity contribution in [3.05, 3.63) is 48.0 Å². The molecule has 0 fully saturated rings. The predicted octanol–water partition coefficient (Wildman–Crippen LogP) is 1.45. The molecule has 1 aromatic rings. The summed E-state index contributed by atoms with van der Waals surface area (Å²) in [6, 6.07) is 7.57. The van der Waals surface area contributed by atoms with E-state index in [1.807, 2.05) is 30.3 Å². The lowest BCUT2D eigenvalue weighted by atomic mass is 10.1. The lowest BCUT2D eigenvalue weighted by Crippen LogP contribution is -2.15. The quantitative estimate of drug-likeness (QED) is 0.169. The Balaban J connectivity index is 2.48. The van der Waals surface area contributed by atoms with Crippen LogP contribution in [0, 0.1) is 0 Å². The van der Waals surface area contributed by atoms with Gasteiger partial charge in [0.15, 0.2) is 5.84 Å². The van der Waals surface area contributed by atoms with Gasteiger partial charge in [-0.15, -0.1) is 6.58 Å². The predicted molar refractivity (Wildman–Crippen MR) is 65.5 cm³/mol. The van der Waals surface area contributed by atoms with Crippen molar-refractivity contribution in [2.75, 3.05) is 6.54 Å². The van der Waals surface area contributed by atoms with Gasteiger partial charge < -0.3 is 16.3 Å². The number of hydrogen-bond acceptors (Lipinski definition) is 3. The number of nitrogens with zero attached hydrogens (tertiary/aromatic N) is 1. The summed E-state index contributed by atoms with van der Waals surface area (Å²) in [5.41, 5.74) is 7.34. The number of nitrogens with two attached hydrogens (primary N) is 1. The zero-order valence-electron chi connectivity index (χ0n) is 9.19. The van der Waals surface area contributed by atoms with Gasteiger partial charge in [-0.25, -0.2) is 0 Å². The topological polar surface area (TPSA) is 70.6 Å². The van der Waals surface area contributed by atoms with Crippen molar-refractivity contribution in [3.8, 4) is 0 Å². The van der Waals surface area contributed by atoms with E-state index in [2.05, 4.69) is 17.1 Å². The van der Waals surface area contributed by atoms with Crippen molar-refractivity contribution in [1.82, 2.24) is 5.32 Å². The van der Waals surface area contributed by atoms with E-state index in [4.69, 9.17) is 10.9 Å². The third-order valence-electron chi connectivity index (χ3n) is 2.21. The van der Waals surface area contributed by atoms with Crippen LogP contribution in [-0.4, -0.2) is 17.6 Å². The van der Waals surface area contributed by atoms with Crippen molar-refractivity contribution in [2.45, 2.75) is 13.0 Å². The molecule has 86 valence electrons. The van der Waals surface area contributed by atoms with Gasteiger partial charge in [-0.3, -0.25) is 0 Å². The Bertz CT molecular complexity index is 357. The second kappa shape index (κ2) is 6.63. The summed E-state index contributed by atoms with van der Waals surface area (Å²) in [5, 5.41) is 14.7. The van der Waals surface area contributed by atoms with Gasteiger partial charge in [0, 0.05) is 12.1 Å². The summed E-state index contributed by atoms with van der Waals surface area (Å²) < 4.78 is 0. The lowest BCUT2D eigenvalue weighted by Gasteiger charge is -2.04. The summed E-state index contributed by atoms with van der Waals surface area (Å²) in [5.74, 6) is 0.131.